The Morgan fingerprint density at radius 2 is 1.89 bits per heavy atom. The van der Waals surface area contributed by atoms with E-state index in [1.54, 1.807) is 6.92 Å². The zero-order chi connectivity index (χ0) is 12.7. The van der Waals surface area contributed by atoms with Crippen molar-refractivity contribution in [3.05, 3.63) is 35.9 Å². The summed E-state index contributed by atoms with van der Waals surface area (Å²) in [4.78, 5) is 9.99. The minimum Gasteiger partial charge on any atom is -0.344 e. The fourth-order valence-electron chi connectivity index (χ4n) is 1.87. The lowest BCUT2D eigenvalue weighted by Crippen LogP contribution is -2.03. The van der Waals surface area contributed by atoms with Gasteiger partial charge < -0.3 is 15.6 Å². The molecule has 4 nitrogen and oxygen atoms in total. The predicted octanol–water partition coefficient (Wildman–Crippen LogP) is 4.30. The van der Waals surface area contributed by atoms with E-state index in [9.17, 15) is 9.46 Å². The Morgan fingerprint density at radius 1 is 1.28 bits per heavy atom. The molecule has 0 aliphatic rings. The van der Waals surface area contributed by atoms with Gasteiger partial charge in [-0.05, 0) is 18.9 Å². The van der Waals surface area contributed by atoms with Gasteiger partial charge in [0.05, 0.1) is 12.3 Å². The SMILES string of the molecule is CCCCC(c1ccccc1)P(=O)(O)OCC.N. The highest BCUT2D eigenvalue weighted by Gasteiger charge is 2.32. The molecule has 0 radical (unpaired) electrons. The molecule has 2 atom stereocenters. The second kappa shape index (κ2) is 8.44. The van der Waals surface area contributed by atoms with Crippen LogP contribution in [0.1, 0.15) is 44.3 Å². The Kier molecular flexibility index (Phi) is 8.12. The lowest BCUT2D eigenvalue weighted by Gasteiger charge is -2.22. The van der Waals surface area contributed by atoms with Gasteiger partial charge in [0, 0.05) is 0 Å². The second-order valence-corrected chi connectivity index (χ2v) is 6.06. The molecule has 0 bridgehead atoms. The van der Waals surface area contributed by atoms with Crippen LogP contribution < -0.4 is 6.15 Å². The largest absolute Gasteiger partial charge is 0.344 e. The van der Waals surface area contributed by atoms with Gasteiger partial charge in [-0.1, -0.05) is 50.1 Å². The van der Waals surface area contributed by atoms with Gasteiger partial charge in [-0.3, -0.25) is 4.57 Å². The van der Waals surface area contributed by atoms with Crippen LogP contribution in [0.25, 0.3) is 0 Å². The summed E-state index contributed by atoms with van der Waals surface area (Å²) in [7, 11) is -3.55. The molecule has 0 spiro atoms. The van der Waals surface area contributed by atoms with Gasteiger partial charge in [-0.25, -0.2) is 0 Å². The van der Waals surface area contributed by atoms with E-state index >= 15 is 0 Å². The quantitative estimate of drug-likeness (QED) is 0.725. The van der Waals surface area contributed by atoms with Crippen molar-refractivity contribution in [1.82, 2.24) is 6.15 Å². The first-order valence-corrected chi connectivity index (χ1v) is 7.78. The van der Waals surface area contributed by atoms with Crippen molar-refractivity contribution in [1.29, 1.82) is 0 Å². The summed E-state index contributed by atoms with van der Waals surface area (Å²) in [5.74, 6) is 0. The molecule has 1 rings (SSSR count). The summed E-state index contributed by atoms with van der Waals surface area (Å²) in [6, 6.07) is 9.47. The van der Waals surface area contributed by atoms with Crippen LogP contribution in [-0.4, -0.2) is 11.5 Å². The zero-order valence-electron chi connectivity index (χ0n) is 11.2. The van der Waals surface area contributed by atoms with E-state index in [1.807, 2.05) is 30.3 Å². The summed E-state index contributed by atoms with van der Waals surface area (Å²) >= 11 is 0. The summed E-state index contributed by atoms with van der Waals surface area (Å²) < 4.78 is 17.2. The molecule has 0 aliphatic carbocycles. The minimum atomic E-state index is -3.55. The fraction of sp³-hybridized carbons (Fsp3) is 0.538. The van der Waals surface area contributed by atoms with Crippen LogP contribution in [0.5, 0.6) is 0 Å². The van der Waals surface area contributed by atoms with Crippen molar-refractivity contribution in [3.63, 3.8) is 0 Å². The molecular weight excluding hydrogens is 249 g/mol. The zero-order valence-corrected chi connectivity index (χ0v) is 12.1. The molecule has 0 aliphatic heterocycles. The van der Waals surface area contributed by atoms with Crippen molar-refractivity contribution in [2.75, 3.05) is 6.61 Å². The molecule has 1 aromatic rings. The normalized spacial score (nSPS) is 15.5. The Labute approximate surface area is 109 Å². The Balaban J connectivity index is 0.00000289. The molecular formula is C13H24NO3P. The van der Waals surface area contributed by atoms with E-state index in [0.29, 0.717) is 6.42 Å². The van der Waals surface area contributed by atoms with Crippen LogP contribution in [0.15, 0.2) is 30.3 Å². The molecule has 0 saturated carbocycles. The number of benzene rings is 1. The van der Waals surface area contributed by atoms with E-state index in [4.69, 9.17) is 4.52 Å². The van der Waals surface area contributed by atoms with Crippen LogP contribution in [0.2, 0.25) is 0 Å². The molecule has 0 aromatic heterocycles. The first-order valence-electron chi connectivity index (χ1n) is 6.13. The molecule has 0 saturated heterocycles. The van der Waals surface area contributed by atoms with Crippen LogP contribution in [0.4, 0.5) is 0 Å². The van der Waals surface area contributed by atoms with Gasteiger partial charge in [0.1, 0.15) is 0 Å². The Morgan fingerprint density at radius 3 is 2.39 bits per heavy atom. The molecule has 0 heterocycles. The maximum atomic E-state index is 12.2. The molecule has 4 N–H and O–H groups in total. The van der Waals surface area contributed by atoms with Gasteiger partial charge in [0.2, 0.25) is 0 Å². The fourth-order valence-corrected chi connectivity index (χ4v) is 3.47. The van der Waals surface area contributed by atoms with E-state index in [0.717, 1.165) is 18.4 Å². The molecule has 5 heteroatoms. The number of hydrogen-bond donors (Lipinski definition) is 2. The Bertz CT molecular complexity index is 370. The monoisotopic (exact) mass is 273 g/mol. The lowest BCUT2D eigenvalue weighted by molar-refractivity contribution is 0.262. The molecule has 1 aromatic carbocycles. The highest BCUT2D eigenvalue weighted by molar-refractivity contribution is 7.53. The third-order valence-electron chi connectivity index (χ3n) is 2.72. The first kappa shape index (κ1) is 17.3. The molecule has 18 heavy (non-hydrogen) atoms. The first-order chi connectivity index (χ1) is 8.11. The van der Waals surface area contributed by atoms with Crippen LogP contribution in [0.3, 0.4) is 0 Å². The van der Waals surface area contributed by atoms with Crippen molar-refractivity contribution in [2.45, 2.75) is 38.8 Å². The number of hydrogen-bond acceptors (Lipinski definition) is 3. The highest BCUT2D eigenvalue weighted by atomic mass is 31.2. The third-order valence-corrected chi connectivity index (χ3v) is 4.70. The van der Waals surface area contributed by atoms with Crippen LogP contribution >= 0.6 is 7.60 Å². The van der Waals surface area contributed by atoms with Gasteiger partial charge >= 0.3 is 7.60 Å². The number of unbranched alkanes of at least 4 members (excludes halogenated alkanes) is 1. The van der Waals surface area contributed by atoms with Gasteiger partial charge in [0.15, 0.2) is 0 Å². The summed E-state index contributed by atoms with van der Waals surface area (Å²) in [6.07, 6.45) is 2.63. The smallest absolute Gasteiger partial charge is 0.335 e. The van der Waals surface area contributed by atoms with Crippen molar-refractivity contribution < 1.29 is 14.0 Å². The molecule has 104 valence electrons. The average Bonchev–Trinajstić information content (AvgIpc) is 2.30. The minimum absolute atomic E-state index is 0. The second-order valence-electron chi connectivity index (χ2n) is 4.05. The van der Waals surface area contributed by atoms with E-state index in [1.165, 1.54) is 0 Å². The maximum Gasteiger partial charge on any atom is 0.335 e. The highest BCUT2D eigenvalue weighted by Crippen LogP contribution is 2.58. The average molecular weight is 273 g/mol. The lowest BCUT2D eigenvalue weighted by atomic mass is 10.1. The van der Waals surface area contributed by atoms with Crippen LogP contribution in [-0.2, 0) is 9.09 Å². The van der Waals surface area contributed by atoms with Crippen molar-refractivity contribution in [3.8, 4) is 0 Å². The Hall–Kier alpha value is -0.670. The summed E-state index contributed by atoms with van der Waals surface area (Å²) in [5.41, 5.74) is 0.490. The summed E-state index contributed by atoms with van der Waals surface area (Å²) in [5, 5.41) is 0. The van der Waals surface area contributed by atoms with E-state index in [2.05, 4.69) is 6.92 Å². The molecule has 0 fully saturated rings. The van der Waals surface area contributed by atoms with Crippen molar-refractivity contribution >= 4 is 7.60 Å². The topological polar surface area (TPSA) is 81.5 Å². The number of rotatable bonds is 7. The van der Waals surface area contributed by atoms with Crippen molar-refractivity contribution in [2.24, 2.45) is 0 Å². The van der Waals surface area contributed by atoms with Gasteiger partial charge in [0.25, 0.3) is 0 Å². The standard InChI is InChI=1S/C13H21O3P.H3N/c1-3-5-11-13(17(14,15)16-4-2)12-9-7-6-8-10-12;/h6-10,13H,3-5,11H2,1-2H3,(H,14,15);1H3. The molecule has 0 amide bonds. The predicted molar refractivity (Wildman–Crippen MR) is 75.2 cm³/mol. The molecule has 2 unspecified atom stereocenters. The van der Waals surface area contributed by atoms with E-state index in [-0.39, 0.29) is 12.8 Å². The van der Waals surface area contributed by atoms with Gasteiger partial charge in [-0.15, -0.1) is 0 Å². The van der Waals surface area contributed by atoms with Crippen LogP contribution in [0, 0.1) is 0 Å². The van der Waals surface area contributed by atoms with Gasteiger partial charge in [-0.2, -0.15) is 0 Å². The maximum absolute atomic E-state index is 12.2. The third kappa shape index (κ3) is 4.91. The summed E-state index contributed by atoms with van der Waals surface area (Å²) in [6.45, 7) is 4.08. The van der Waals surface area contributed by atoms with E-state index < -0.39 is 13.3 Å².